The van der Waals surface area contributed by atoms with Crippen LogP contribution in [0.3, 0.4) is 0 Å². The molecule has 22 heteroatoms. The second kappa shape index (κ2) is 23.0. The predicted octanol–water partition coefficient (Wildman–Crippen LogP) is -5.35. The summed E-state index contributed by atoms with van der Waals surface area (Å²) in [6, 6.07) is 6.65. The predicted molar refractivity (Wildman–Crippen MR) is 198 cm³/mol. The van der Waals surface area contributed by atoms with Crippen LogP contribution in [0.5, 0.6) is 5.75 Å². The normalized spacial score (nSPS) is 13.2. The van der Waals surface area contributed by atoms with Crippen LogP contribution in [-0.4, -0.2) is 119 Å². The number of hydrogen-bond acceptors (Lipinski definition) is 12. The lowest BCUT2D eigenvalue weighted by Crippen LogP contribution is -2.58. The Morgan fingerprint density at radius 1 is 0.561 bits per heavy atom. The van der Waals surface area contributed by atoms with E-state index in [9.17, 15) is 58.2 Å². The number of carboxylic acid groups (broad SMARTS) is 1. The van der Waals surface area contributed by atoms with Crippen molar-refractivity contribution in [1.82, 2.24) is 37.2 Å². The van der Waals surface area contributed by atoms with Gasteiger partial charge in [-0.25, -0.2) is 4.79 Å². The van der Waals surface area contributed by atoms with Gasteiger partial charge in [0.15, 0.2) is 0 Å². The molecule has 0 bridgehead atoms. The summed E-state index contributed by atoms with van der Waals surface area (Å²) in [5.74, 6) is -10.00. The molecule has 0 saturated carbocycles. The van der Waals surface area contributed by atoms with Crippen molar-refractivity contribution in [3.05, 3.63) is 65.7 Å². The third kappa shape index (κ3) is 17.3. The molecule has 0 heterocycles. The van der Waals surface area contributed by atoms with E-state index in [4.69, 9.17) is 17.2 Å². The second-order valence-corrected chi connectivity index (χ2v) is 12.5. The Morgan fingerprint density at radius 2 is 1.04 bits per heavy atom. The van der Waals surface area contributed by atoms with Gasteiger partial charge in [0.1, 0.15) is 36.0 Å². The number of phenolic OH excluding ortho intramolecular Hbond substituents is 1. The molecule has 0 saturated heterocycles. The summed E-state index contributed by atoms with van der Waals surface area (Å²) in [7, 11) is 0. The van der Waals surface area contributed by atoms with Crippen molar-refractivity contribution in [2.24, 2.45) is 17.2 Å². The average molecular weight is 799 g/mol. The smallest absolute Gasteiger partial charge is 0.326 e. The second-order valence-electron chi connectivity index (χ2n) is 12.5. The zero-order valence-corrected chi connectivity index (χ0v) is 30.7. The molecule has 2 aromatic carbocycles. The third-order valence-corrected chi connectivity index (χ3v) is 7.83. The molecule has 0 spiro atoms. The lowest BCUT2D eigenvalue weighted by molar-refractivity contribution is -0.142. The minimum atomic E-state index is -1.72. The number of primary amides is 2. The van der Waals surface area contributed by atoms with Gasteiger partial charge in [-0.05, 0) is 30.2 Å². The van der Waals surface area contributed by atoms with Crippen LogP contribution in [0, 0.1) is 0 Å². The van der Waals surface area contributed by atoms with Gasteiger partial charge in [0.2, 0.25) is 53.2 Å². The van der Waals surface area contributed by atoms with Crippen LogP contribution in [0.1, 0.15) is 30.9 Å². The zero-order chi connectivity index (χ0) is 42.7. The third-order valence-electron chi connectivity index (χ3n) is 7.83. The SMILES string of the molecule is C[C@H](NC(=O)[C@H](Cc1ccccc1)NC(=O)CNC(=O)[C@H](CC(N)=O)NC(=O)[C@H](CC(N)=O)NC(=O)CNC(=O)CN)C(=O)N[C@@H](Cc1ccc(O)cc1)C(=O)O. The van der Waals surface area contributed by atoms with E-state index in [-0.39, 0.29) is 18.6 Å². The van der Waals surface area contributed by atoms with Gasteiger partial charge in [-0.2, -0.15) is 0 Å². The number of phenols is 1. The molecule has 0 unspecified atom stereocenters. The van der Waals surface area contributed by atoms with Gasteiger partial charge >= 0.3 is 5.97 Å². The van der Waals surface area contributed by atoms with Crippen LogP contribution in [0.25, 0.3) is 0 Å². The number of carbonyl (C=O) groups is 10. The summed E-state index contributed by atoms with van der Waals surface area (Å²) in [4.78, 5) is 124. The maximum atomic E-state index is 13.4. The molecular formula is C35H46N10O12. The lowest BCUT2D eigenvalue weighted by atomic mass is 10.0. The van der Waals surface area contributed by atoms with Gasteiger partial charge in [-0.3, -0.25) is 43.2 Å². The van der Waals surface area contributed by atoms with E-state index in [0.29, 0.717) is 11.1 Å². The Hall–Kier alpha value is -7.10. The Kier molecular flexibility index (Phi) is 18.6. The quantitative estimate of drug-likeness (QED) is 0.0500. The van der Waals surface area contributed by atoms with E-state index in [1.807, 2.05) is 0 Å². The van der Waals surface area contributed by atoms with E-state index < -0.39 is 122 Å². The van der Waals surface area contributed by atoms with Gasteiger partial charge in [0.25, 0.3) is 0 Å². The molecule has 57 heavy (non-hydrogen) atoms. The molecular weight excluding hydrogens is 752 g/mol. The fourth-order valence-corrected chi connectivity index (χ4v) is 4.93. The lowest BCUT2D eigenvalue weighted by Gasteiger charge is -2.23. The van der Waals surface area contributed by atoms with Crippen molar-refractivity contribution < 1.29 is 58.2 Å². The minimum absolute atomic E-state index is 0.0356. The number of carboxylic acids is 1. The van der Waals surface area contributed by atoms with Crippen molar-refractivity contribution in [3.63, 3.8) is 0 Å². The van der Waals surface area contributed by atoms with Gasteiger partial charge in [0, 0.05) is 12.8 Å². The largest absolute Gasteiger partial charge is 0.508 e. The first-order valence-electron chi connectivity index (χ1n) is 17.2. The molecule has 2 rings (SSSR count). The number of aromatic hydroxyl groups is 1. The van der Waals surface area contributed by atoms with Crippen LogP contribution < -0.4 is 54.4 Å². The molecule has 0 aliphatic carbocycles. The van der Waals surface area contributed by atoms with Gasteiger partial charge in [-0.15, -0.1) is 0 Å². The number of rotatable bonds is 23. The van der Waals surface area contributed by atoms with E-state index in [1.165, 1.54) is 31.2 Å². The van der Waals surface area contributed by atoms with Crippen molar-refractivity contribution in [1.29, 1.82) is 0 Å². The van der Waals surface area contributed by atoms with E-state index >= 15 is 0 Å². The molecule has 0 aliphatic heterocycles. The first-order valence-corrected chi connectivity index (χ1v) is 17.2. The molecule has 22 nitrogen and oxygen atoms in total. The first-order chi connectivity index (χ1) is 26.9. The van der Waals surface area contributed by atoms with Crippen molar-refractivity contribution in [3.8, 4) is 5.75 Å². The highest BCUT2D eigenvalue weighted by Gasteiger charge is 2.31. The summed E-state index contributed by atoms with van der Waals surface area (Å²) in [6.45, 7) is -0.569. The van der Waals surface area contributed by atoms with E-state index in [2.05, 4.69) is 37.2 Å². The van der Waals surface area contributed by atoms with E-state index in [1.54, 1.807) is 30.3 Å². The maximum Gasteiger partial charge on any atom is 0.326 e. The minimum Gasteiger partial charge on any atom is -0.508 e. The molecule has 2 aromatic rings. The number of hydrogen-bond donors (Lipinski definition) is 12. The summed E-state index contributed by atoms with van der Waals surface area (Å²) in [6.07, 6.45) is -1.77. The van der Waals surface area contributed by atoms with Crippen molar-refractivity contribution in [2.75, 3.05) is 19.6 Å². The molecule has 9 amide bonds. The standard InChI is InChI=1S/C35H46N10O12/c1-18(31(52)45-25(35(56)57)12-20-7-9-21(46)10-8-20)41-33(54)22(11-19-5-3-2-4-6-19)42-30(51)17-40-32(53)23(13-26(37)47)44-34(55)24(14-27(38)48)43-29(50)16-39-28(49)15-36/h2-10,18,22-25,46H,11-17,36H2,1H3,(H2,37,47)(H2,38,48)(H,39,49)(H,40,53)(H,41,54)(H,42,51)(H,43,50)(H,44,55)(H,45,52)(H,56,57)/t18-,22-,23-,24-,25-/m0/s1. The van der Waals surface area contributed by atoms with Crippen LogP contribution in [0.15, 0.2) is 54.6 Å². The topological polar surface area (TPSA) is 373 Å². The highest BCUT2D eigenvalue weighted by molar-refractivity contribution is 5.98. The number of amides is 9. The highest BCUT2D eigenvalue weighted by atomic mass is 16.4. The Morgan fingerprint density at radius 3 is 1.58 bits per heavy atom. The first kappa shape index (κ1) is 46.1. The molecule has 5 atom stereocenters. The van der Waals surface area contributed by atoms with Gasteiger partial charge < -0.3 is 64.6 Å². The van der Waals surface area contributed by atoms with Crippen LogP contribution in [-0.2, 0) is 60.8 Å². The Balaban J connectivity index is 2.12. The van der Waals surface area contributed by atoms with Crippen molar-refractivity contribution in [2.45, 2.75) is 62.8 Å². The van der Waals surface area contributed by atoms with Crippen LogP contribution in [0.2, 0.25) is 0 Å². The van der Waals surface area contributed by atoms with Crippen LogP contribution in [0.4, 0.5) is 0 Å². The molecule has 0 aliphatic rings. The fourth-order valence-electron chi connectivity index (χ4n) is 4.93. The number of nitrogens with one attached hydrogen (secondary N) is 7. The summed E-state index contributed by atoms with van der Waals surface area (Å²) in [5.41, 5.74) is 16.7. The zero-order valence-electron chi connectivity index (χ0n) is 30.7. The molecule has 0 fully saturated rings. The number of carbonyl (C=O) groups excluding carboxylic acids is 9. The molecule has 308 valence electrons. The number of benzene rings is 2. The van der Waals surface area contributed by atoms with Crippen LogP contribution >= 0.6 is 0 Å². The summed E-state index contributed by atoms with van der Waals surface area (Å²) in [5, 5.41) is 35.0. The van der Waals surface area contributed by atoms with Crippen molar-refractivity contribution >= 4 is 59.1 Å². The summed E-state index contributed by atoms with van der Waals surface area (Å²) >= 11 is 0. The number of aliphatic carboxylic acids is 1. The van der Waals surface area contributed by atoms with Gasteiger partial charge in [0.05, 0.1) is 32.5 Å². The molecule has 0 aromatic heterocycles. The highest BCUT2D eigenvalue weighted by Crippen LogP contribution is 2.12. The number of nitrogens with two attached hydrogens (primary N) is 3. The Labute approximate surface area is 325 Å². The average Bonchev–Trinajstić information content (AvgIpc) is 3.15. The maximum absolute atomic E-state index is 13.4. The monoisotopic (exact) mass is 798 g/mol. The molecule has 15 N–H and O–H groups in total. The summed E-state index contributed by atoms with van der Waals surface area (Å²) < 4.78 is 0. The van der Waals surface area contributed by atoms with E-state index in [0.717, 1.165) is 0 Å². The molecule has 0 radical (unpaired) electrons. The Bertz CT molecular complexity index is 1790. The fraction of sp³-hybridized carbons (Fsp3) is 0.371. The van der Waals surface area contributed by atoms with Gasteiger partial charge in [-0.1, -0.05) is 42.5 Å².